The zero-order valence-corrected chi connectivity index (χ0v) is 13.7. The standard InChI is InChI=1S/C18H33N/c1-6-7-8-9-16-12-18(4,5)11-10-17(16)14-19-13-15(2)3/h15-17,19H,8-14H2,1-5H3. The maximum absolute atomic E-state index is 3.67. The first kappa shape index (κ1) is 16.6. The minimum Gasteiger partial charge on any atom is -0.316 e. The average Bonchev–Trinajstić information content (AvgIpc) is 2.31. The van der Waals surface area contributed by atoms with E-state index in [1.54, 1.807) is 0 Å². The first-order valence-electron chi connectivity index (χ1n) is 8.05. The van der Waals surface area contributed by atoms with E-state index in [1.807, 2.05) is 6.92 Å². The van der Waals surface area contributed by atoms with Crippen molar-refractivity contribution in [2.75, 3.05) is 13.1 Å². The lowest BCUT2D eigenvalue weighted by atomic mass is 9.66. The molecule has 0 radical (unpaired) electrons. The third-order valence-corrected chi connectivity index (χ3v) is 4.45. The average molecular weight is 263 g/mol. The summed E-state index contributed by atoms with van der Waals surface area (Å²) in [4.78, 5) is 0. The minimum atomic E-state index is 0.541. The van der Waals surface area contributed by atoms with Crippen LogP contribution in [0.25, 0.3) is 0 Å². The maximum atomic E-state index is 3.67. The van der Waals surface area contributed by atoms with Gasteiger partial charge in [-0.05, 0) is 68.9 Å². The molecule has 0 aliphatic heterocycles. The largest absolute Gasteiger partial charge is 0.316 e. The van der Waals surface area contributed by atoms with E-state index in [9.17, 15) is 0 Å². The first-order valence-corrected chi connectivity index (χ1v) is 8.05. The summed E-state index contributed by atoms with van der Waals surface area (Å²) in [6.45, 7) is 13.7. The Morgan fingerprint density at radius 2 is 2.00 bits per heavy atom. The molecule has 1 fully saturated rings. The van der Waals surface area contributed by atoms with Crippen molar-refractivity contribution < 1.29 is 0 Å². The fourth-order valence-electron chi connectivity index (χ4n) is 3.34. The molecule has 1 rings (SSSR count). The molecule has 1 aliphatic carbocycles. The van der Waals surface area contributed by atoms with E-state index in [4.69, 9.17) is 0 Å². The highest BCUT2D eigenvalue weighted by Gasteiger charge is 2.33. The molecule has 0 heterocycles. The maximum Gasteiger partial charge on any atom is 0.00913 e. The number of rotatable bonds is 6. The number of nitrogens with one attached hydrogen (secondary N) is 1. The zero-order chi connectivity index (χ0) is 14.3. The van der Waals surface area contributed by atoms with Crippen molar-refractivity contribution in [3.8, 4) is 11.8 Å². The molecule has 1 saturated carbocycles. The fraction of sp³-hybridized carbons (Fsp3) is 0.889. The summed E-state index contributed by atoms with van der Waals surface area (Å²) >= 11 is 0. The smallest absolute Gasteiger partial charge is 0.00913 e. The van der Waals surface area contributed by atoms with E-state index in [0.717, 1.165) is 30.7 Å². The molecule has 1 N–H and O–H groups in total. The molecule has 110 valence electrons. The summed E-state index contributed by atoms with van der Waals surface area (Å²) in [7, 11) is 0. The van der Waals surface area contributed by atoms with Crippen LogP contribution in [-0.2, 0) is 0 Å². The van der Waals surface area contributed by atoms with Crippen molar-refractivity contribution in [2.24, 2.45) is 23.2 Å². The molecule has 0 amide bonds. The second-order valence-corrected chi connectivity index (χ2v) is 7.44. The van der Waals surface area contributed by atoms with Crippen LogP contribution in [0.3, 0.4) is 0 Å². The van der Waals surface area contributed by atoms with Gasteiger partial charge in [0.15, 0.2) is 0 Å². The molecule has 1 heteroatoms. The van der Waals surface area contributed by atoms with Crippen molar-refractivity contribution in [3.63, 3.8) is 0 Å². The van der Waals surface area contributed by atoms with E-state index < -0.39 is 0 Å². The molecule has 2 unspecified atom stereocenters. The van der Waals surface area contributed by atoms with Gasteiger partial charge >= 0.3 is 0 Å². The SMILES string of the molecule is CC#CCCC1CC(C)(C)CCC1CNCC(C)C. The van der Waals surface area contributed by atoms with Crippen molar-refractivity contribution in [1.29, 1.82) is 0 Å². The molecule has 19 heavy (non-hydrogen) atoms. The lowest BCUT2D eigenvalue weighted by Gasteiger charge is -2.41. The van der Waals surface area contributed by atoms with Crippen LogP contribution >= 0.6 is 0 Å². The first-order chi connectivity index (χ1) is 8.94. The van der Waals surface area contributed by atoms with Crippen LogP contribution < -0.4 is 5.32 Å². The van der Waals surface area contributed by atoms with Crippen LogP contribution in [0.2, 0.25) is 0 Å². The second kappa shape index (κ2) is 7.95. The third-order valence-electron chi connectivity index (χ3n) is 4.45. The highest BCUT2D eigenvalue weighted by atomic mass is 14.9. The van der Waals surface area contributed by atoms with E-state index >= 15 is 0 Å². The van der Waals surface area contributed by atoms with E-state index in [1.165, 1.54) is 32.2 Å². The quantitative estimate of drug-likeness (QED) is 0.697. The topological polar surface area (TPSA) is 12.0 Å². The summed E-state index contributed by atoms with van der Waals surface area (Å²) < 4.78 is 0. The van der Waals surface area contributed by atoms with E-state index in [-0.39, 0.29) is 0 Å². The van der Waals surface area contributed by atoms with Gasteiger partial charge < -0.3 is 5.32 Å². The predicted octanol–water partition coefficient (Wildman–Crippen LogP) is 4.48. The summed E-state index contributed by atoms with van der Waals surface area (Å²) in [6.07, 6.45) is 6.53. The van der Waals surface area contributed by atoms with Crippen LogP contribution in [-0.4, -0.2) is 13.1 Å². The van der Waals surface area contributed by atoms with Crippen molar-refractivity contribution in [3.05, 3.63) is 0 Å². The molecule has 0 spiro atoms. The Labute approximate surface area is 120 Å². The molecule has 0 bridgehead atoms. The van der Waals surface area contributed by atoms with Crippen molar-refractivity contribution in [1.82, 2.24) is 5.32 Å². The summed E-state index contributed by atoms with van der Waals surface area (Å²) in [6, 6.07) is 0. The van der Waals surface area contributed by atoms with Gasteiger partial charge in [0, 0.05) is 6.42 Å². The van der Waals surface area contributed by atoms with Crippen LogP contribution in [0.5, 0.6) is 0 Å². The van der Waals surface area contributed by atoms with Gasteiger partial charge in [0.05, 0.1) is 0 Å². The summed E-state index contributed by atoms with van der Waals surface area (Å²) in [5.41, 5.74) is 0.541. The van der Waals surface area contributed by atoms with Crippen LogP contribution in [0.1, 0.15) is 66.7 Å². The lowest BCUT2D eigenvalue weighted by Crippen LogP contribution is -2.37. The third kappa shape index (κ3) is 6.48. The Morgan fingerprint density at radius 3 is 2.63 bits per heavy atom. The number of hydrogen-bond acceptors (Lipinski definition) is 1. The monoisotopic (exact) mass is 263 g/mol. The zero-order valence-electron chi connectivity index (χ0n) is 13.7. The highest BCUT2D eigenvalue weighted by Crippen LogP contribution is 2.43. The minimum absolute atomic E-state index is 0.541. The lowest BCUT2D eigenvalue weighted by molar-refractivity contribution is 0.110. The van der Waals surface area contributed by atoms with Gasteiger partial charge in [-0.1, -0.05) is 27.7 Å². The van der Waals surface area contributed by atoms with E-state index in [0.29, 0.717) is 5.41 Å². The highest BCUT2D eigenvalue weighted by molar-refractivity contribution is 4.96. The molecule has 0 aromatic heterocycles. The molecule has 0 aromatic carbocycles. The second-order valence-electron chi connectivity index (χ2n) is 7.44. The molecule has 1 nitrogen and oxygen atoms in total. The number of hydrogen-bond donors (Lipinski definition) is 1. The van der Waals surface area contributed by atoms with Gasteiger partial charge in [-0.25, -0.2) is 0 Å². The summed E-state index contributed by atoms with van der Waals surface area (Å²) in [5, 5.41) is 3.67. The van der Waals surface area contributed by atoms with Gasteiger partial charge in [-0.2, -0.15) is 0 Å². The predicted molar refractivity (Wildman–Crippen MR) is 85.0 cm³/mol. The van der Waals surface area contributed by atoms with Gasteiger partial charge in [0.2, 0.25) is 0 Å². The molecule has 1 aliphatic rings. The Bertz CT molecular complexity index is 305. The Hall–Kier alpha value is -0.480. The normalized spacial score (nSPS) is 26.0. The Morgan fingerprint density at radius 1 is 1.26 bits per heavy atom. The van der Waals surface area contributed by atoms with Crippen molar-refractivity contribution in [2.45, 2.75) is 66.7 Å². The van der Waals surface area contributed by atoms with Crippen molar-refractivity contribution >= 4 is 0 Å². The van der Waals surface area contributed by atoms with Gasteiger partial charge in [0.25, 0.3) is 0 Å². The van der Waals surface area contributed by atoms with Gasteiger partial charge in [0.1, 0.15) is 0 Å². The Balaban J connectivity index is 2.47. The van der Waals surface area contributed by atoms with Gasteiger partial charge in [-0.3, -0.25) is 0 Å². The molecule has 0 saturated heterocycles. The molecular formula is C18H33N. The van der Waals surface area contributed by atoms with Crippen LogP contribution in [0, 0.1) is 35.0 Å². The molecule has 2 atom stereocenters. The molecular weight excluding hydrogens is 230 g/mol. The Kier molecular flexibility index (Phi) is 6.94. The van der Waals surface area contributed by atoms with Crippen LogP contribution in [0.15, 0.2) is 0 Å². The van der Waals surface area contributed by atoms with Crippen LogP contribution in [0.4, 0.5) is 0 Å². The fourth-order valence-corrected chi connectivity index (χ4v) is 3.34. The molecule has 0 aromatic rings. The summed E-state index contributed by atoms with van der Waals surface area (Å²) in [5.74, 6) is 8.77. The van der Waals surface area contributed by atoms with Gasteiger partial charge in [-0.15, -0.1) is 11.8 Å². The van der Waals surface area contributed by atoms with E-state index in [2.05, 4.69) is 44.9 Å².